The van der Waals surface area contributed by atoms with Crippen LogP contribution < -0.4 is 15.0 Å². The maximum absolute atomic E-state index is 13.4. The summed E-state index contributed by atoms with van der Waals surface area (Å²) in [7, 11) is 1.49. The molecular formula is C14H18FN5O. The molecule has 2 aromatic rings. The van der Waals surface area contributed by atoms with Gasteiger partial charge in [0.05, 0.1) is 7.11 Å². The lowest BCUT2D eigenvalue weighted by Crippen LogP contribution is -2.20. The molecule has 0 atom stereocenters. The Kier molecular flexibility index (Phi) is 4.86. The summed E-state index contributed by atoms with van der Waals surface area (Å²) in [6.45, 7) is 5.15. The van der Waals surface area contributed by atoms with Crippen LogP contribution in [0.25, 0.3) is 0 Å². The largest absolute Gasteiger partial charge is 0.467 e. The van der Waals surface area contributed by atoms with Gasteiger partial charge in [-0.05, 0) is 32.0 Å². The zero-order valence-corrected chi connectivity index (χ0v) is 12.3. The number of benzene rings is 1. The summed E-state index contributed by atoms with van der Waals surface area (Å²) in [5.74, 6) is 0.527. The molecule has 7 heteroatoms. The number of nitrogens with zero attached hydrogens (tertiary/aromatic N) is 4. The number of rotatable bonds is 6. The van der Waals surface area contributed by atoms with Gasteiger partial charge < -0.3 is 15.0 Å². The predicted octanol–water partition coefficient (Wildman–Crippen LogP) is 2.61. The molecule has 1 aromatic carbocycles. The number of hydrogen-bond donors (Lipinski definition) is 1. The standard InChI is InChI=1S/C14H18FN5O/c1-4-16-12-17-13(19-14(18-12)21-3)20(5-2)11-8-6-7-10(15)9-11/h6-9H,4-5H2,1-3H3,(H,16,17,18,19). The third-order valence-corrected chi connectivity index (χ3v) is 2.80. The third kappa shape index (κ3) is 3.56. The molecule has 0 saturated heterocycles. The van der Waals surface area contributed by atoms with Crippen LogP contribution in [0.1, 0.15) is 13.8 Å². The van der Waals surface area contributed by atoms with E-state index in [1.54, 1.807) is 17.0 Å². The summed E-state index contributed by atoms with van der Waals surface area (Å²) in [5.41, 5.74) is 0.674. The van der Waals surface area contributed by atoms with Gasteiger partial charge in [0.2, 0.25) is 11.9 Å². The lowest BCUT2D eigenvalue weighted by molar-refractivity contribution is 0.379. The predicted molar refractivity (Wildman–Crippen MR) is 79.6 cm³/mol. The Morgan fingerprint density at radius 3 is 2.67 bits per heavy atom. The van der Waals surface area contributed by atoms with Crippen molar-refractivity contribution >= 4 is 17.6 Å². The van der Waals surface area contributed by atoms with Gasteiger partial charge in [0, 0.05) is 18.8 Å². The van der Waals surface area contributed by atoms with E-state index >= 15 is 0 Å². The number of ether oxygens (including phenoxy) is 1. The SMILES string of the molecule is CCNc1nc(OC)nc(N(CC)c2cccc(F)c2)n1. The van der Waals surface area contributed by atoms with E-state index in [-0.39, 0.29) is 11.8 Å². The molecule has 0 aliphatic rings. The summed E-state index contributed by atoms with van der Waals surface area (Å²) in [4.78, 5) is 14.5. The summed E-state index contributed by atoms with van der Waals surface area (Å²) in [6, 6.07) is 6.50. The quantitative estimate of drug-likeness (QED) is 0.882. The van der Waals surface area contributed by atoms with Gasteiger partial charge >= 0.3 is 6.01 Å². The molecule has 0 fully saturated rings. The molecule has 0 aliphatic heterocycles. The first-order chi connectivity index (χ1) is 10.2. The van der Waals surface area contributed by atoms with E-state index in [9.17, 15) is 4.39 Å². The highest BCUT2D eigenvalue weighted by atomic mass is 19.1. The first kappa shape index (κ1) is 15.0. The van der Waals surface area contributed by atoms with Gasteiger partial charge in [0.25, 0.3) is 0 Å². The van der Waals surface area contributed by atoms with Gasteiger partial charge in [0.15, 0.2) is 0 Å². The highest BCUT2D eigenvalue weighted by Gasteiger charge is 2.14. The number of methoxy groups -OCH3 is 1. The smallest absolute Gasteiger partial charge is 0.322 e. The maximum Gasteiger partial charge on any atom is 0.322 e. The summed E-state index contributed by atoms with van der Waals surface area (Å²) in [5, 5.41) is 3.02. The number of aromatic nitrogens is 3. The average molecular weight is 291 g/mol. The number of hydrogen-bond acceptors (Lipinski definition) is 6. The Bertz CT molecular complexity index is 608. The van der Waals surface area contributed by atoms with Crippen LogP contribution >= 0.6 is 0 Å². The molecule has 112 valence electrons. The van der Waals surface area contributed by atoms with Crippen molar-refractivity contribution in [1.29, 1.82) is 0 Å². The second-order valence-electron chi connectivity index (χ2n) is 4.20. The minimum atomic E-state index is -0.307. The highest BCUT2D eigenvalue weighted by Crippen LogP contribution is 2.24. The number of anilines is 3. The van der Waals surface area contributed by atoms with E-state index in [2.05, 4.69) is 20.3 Å². The van der Waals surface area contributed by atoms with Crippen molar-refractivity contribution in [2.24, 2.45) is 0 Å². The topological polar surface area (TPSA) is 63.2 Å². The van der Waals surface area contributed by atoms with Crippen molar-refractivity contribution in [1.82, 2.24) is 15.0 Å². The Morgan fingerprint density at radius 2 is 2.05 bits per heavy atom. The van der Waals surface area contributed by atoms with Gasteiger partial charge in [-0.25, -0.2) is 4.39 Å². The van der Waals surface area contributed by atoms with Crippen LogP contribution in [0.15, 0.2) is 24.3 Å². The minimum absolute atomic E-state index is 0.214. The molecule has 0 bridgehead atoms. The van der Waals surface area contributed by atoms with Gasteiger partial charge in [-0.15, -0.1) is 0 Å². The van der Waals surface area contributed by atoms with Crippen molar-refractivity contribution < 1.29 is 9.13 Å². The Morgan fingerprint density at radius 1 is 1.24 bits per heavy atom. The van der Waals surface area contributed by atoms with Crippen LogP contribution in [-0.4, -0.2) is 35.2 Å². The van der Waals surface area contributed by atoms with Crippen molar-refractivity contribution in [3.05, 3.63) is 30.1 Å². The Hall–Kier alpha value is -2.44. The van der Waals surface area contributed by atoms with Gasteiger partial charge in [0.1, 0.15) is 5.82 Å². The van der Waals surface area contributed by atoms with Crippen LogP contribution in [0.5, 0.6) is 6.01 Å². The molecule has 2 rings (SSSR count). The molecule has 21 heavy (non-hydrogen) atoms. The van der Waals surface area contributed by atoms with E-state index in [0.29, 0.717) is 30.7 Å². The fourth-order valence-corrected chi connectivity index (χ4v) is 1.88. The fraction of sp³-hybridized carbons (Fsp3) is 0.357. The molecule has 1 aromatic heterocycles. The van der Waals surface area contributed by atoms with Gasteiger partial charge in [-0.3, -0.25) is 0 Å². The first-order valence-corrected chi connectivity index (χ1v) is 6.75. The van der Waals surface area contributed by atoms with E-state index in [0.717, 1.165) is 0 Å². The lowest BCUT2D eigenvalue weighted by atomic mass is 10.3. The molecule has 0 unspecified atom stereocenters. The monoisotopic (exact) mass is 291 g/mol. The molecule has 1 N–H and O–H groups in total. The number of halogens is 1. The van der Waals surface area contributed by atoms with Crippen molar-refractivity contribution in [2.75, 3.05) is 30.4 Å². The van der Waals surface area contributed by atoms with Crippen LogP contribution in [-0.2, 0) is 0 Å². The zero-order chi connectivity index (χ0) is 15.2. The minimum Gasteiger partial charge on any atom is -0.467 e. The third-order valence-electron chi connectivity index (χ3n) is 2.80. The van der Waals surface area contributed by atoms with Gasteiger partial charge in [-0.2, -0.15) is 15.0 Å². The molecular weight excluding hydrogens is 273 g/mol. The van der Waals surface area contributed by atoms with Crippen molar-refractivity contribution in [2.45, 2.75) is 13.8 Å². The van der Waals surface area contributed by atoms with E-state index in [1.165, 1.54) is 19.2 Å². The van der Waals surface area contributed by atoms with E-state index < -0.39 is 0 Å². The molecule has 0 spiro atoms. The molecule has 0 amide bonds. The number of nitrogens with one attached hydrogen (secondary N) is 1. The van der Waals surface area contributed by atoms with Crippen LogP contribution in [0, 0.1) is 5.82 Å². The molecule has 0 radical (unpaired) electrons. The Balaban J connectivity index is 2.43. The first-order valence-electron chi connectivity index (χ1n) is 6.75. The maximum atomic E-state index is 13.4. The lowest BCUT2D eigenvalue weighted by Gasteiger charge is -2.21. The van der Waals surface area contributed by atoms with E-state index in [1.807, 2.05) is 13.8 Å². The van der Waals surface area contributed by atoms with Crippen molar-refractivity contribution in [3.63, 3.8) is 0 Å². The van der Waals surface area contributed by atoms with Crippen LogP contribution in [0.4, 0.5) is 22.0 Å². The molecule has 6 nitrogen and oxygen atoms in total. The zero-order valence-electron chi connectivity index (χ0n) is 12.3. The second kappa shape index (κ2) is 6.83. The average Bonchev–Trinajstić information content (AvgIpc) is 2.48. The fourth-order valence-electron chi connectivity index (χ4n) is 1.88. The van der Waals surface area contributed by atoms with Crippen LogP contribution in [0.3, 0.4) is 0 Å². The van der Waals surface area contributed by atoms with Gasteiger partial charge in [-0.1, -0.05) is 6.07 Å². The summed E-state index contributed by atoms with van der Waals surface area (Å²) < 4.78 is 18.5. The highest BCUT2D eigenvalue weighted by molar-refractivity contribution is 5.58. The normalized spacial score (nSPS) is 10.3. The molecule has 1 heterocycles. The summed E-state index contributed by atoms with van der Waals surface area (Å²) in [6.07, 6.45) is 0. The van der Waals surface area contributed by atoms with Crippen molar-refractivity contribution in [3.8, 4) is 6.01 Å². The van der Waals surface area contributed by atoms with E-state index in [4.69, 9.17) is 4.74 Å². The second-order valence-corrected chi connectivity index (χ2v) is 4.20. The molecule has 0 saturated carbocycles. The van der Waals surface area contributed by atoms with Crippen LogP contribution in [0.2, 0.25) is 0 Å². The Labute approximate surface area is 123 Å². The molecule has 0 aliphatic carbocycles. The summed E-state index contributed by atoms with van der Waals surface area (Å²) >= 11 is 0.